The van der Waals surface area contributed by atoms with Crippen LogP contribution in [0.4, 0.5) is 5.13 Å². The number of thiazole rings is 1. The Morgan fingerprint density at radius 3 is 2.83 bits per heavy atom. The molecule has 1 aliphatic rings. The summed E-state index contributed by atoms with van der Waals surface area (Å²) in [5.74, 6) is 0. The smallest absolute Gasteiger partial charge is 0.186 e. The van der Waals surface area contributed by atoms with Gasteiger partial charge in [-0.05, 0) is 33.1 Å². The highest BCUT2D eigenvalue weighted by Crippen LogP contribution is 2.33. The second-order valence-electron chi connectivity index (χ2n) is 5.34. The van der Waals surface area contributed by atoms with Crippen LogP contribution in [0.2, 0.25) is 0 Å². The van der Waals surface area contributed by atoms with Gasteiger partial charge in [-0.3, -0.25) is 0 Å². The van der Waals surface area contributed by atoms with Gasteiger partial charge in [-0.1, -0.05) is 19.8 Å². The van der Waals surface area contributed by atoms with E-state index in [1.54, 1.807) is 11.3 Å². The van der Waals surface area contributed by atoms with Gasteiger partial charge in [0.1, 0.15) is 0 Å². The number of rotatable bonds is 3. The first-order chi connectivity index (χ1) is 8.63. The van der Waals surface area contributed by atoms with Gasteiger partial charge in [0.2, 0.25) is 0 Å². The van der Waals surface area contributed by atoms with E-state index in [1.807, 2.05) is 6.92 Å². The number of aromatic nitrogens is 1. The van der Waals surface area contributed by atoms with Crippen molar-refractivity contribution in [1.29, 1.82) is 0 Å². The molecule has 1 aliphatic heterocycles. The molecule has 2 heterocycles. The molecule has 1 fully saturated rings. The highest BCUT2D eigenvalue weighted by Gasteiger charge is 2.23. The van der Waals surface area contributed by atoms with E-state index in [0.29, 0.717) is 6.04 Å². The molecule has 2 unspecified atom stereocenters. The molecular weight excluding hydrogens is 242 g/mol. The number of nitrogens with zero attached hydrogens (tertiary/aromatic N) is 2. The van der Waals surface area contributed by atoms with Crippen molar-refractivity contribution in [2.45, 2.75) is 65.0 Å². The first-order valence-electron chi connectivity index (χ1n) is 7.13. The van der Waals surface area contributed by atoms with Gasteiger partial charge in [-0.15, -0.1) is 11.3 Å². The van der Waals surface area contributed by atoms with Crippen molar-refractivity contribution < 1.29 is 0 Å². The SMILES string of the molecule is CCC1CCCCCN1c1nc(C)c(C(C)N)s1. The maximum atomic E-state index is 6.01. The van der Waals surface area contributed by atoms with Gasteiger partial charge in [-0.25, -0.2) is 4.98 Å². The van der Waals surface area contributed by atoms with E-state index in [-0.39, 0.29) is 6.04 Å². The van der Waals surface area contributed by atoms with E-state index in [9.17, 15) is 0 Å². The maximum Gasteiger partial charge on any atom is 0.186 e. The minimum absolute atomic E-state index is 0.100. The molecule has 3 nitrogen and oxygen atoms in total. The molecule has 0 aromatic carbocycles. The van der Waals surface area contributed by atoms with Crippen molar-refractivity contribution in [3.05, 3.63) is 10.6 Å². The summed E-state index contributed by atoms with van der Waals surface area (Å²) >= 11 is 1.79. The Balaban J connectivity index is 2.24. The highest BCUT2D eigenvalue weighted by atomic mass is 32.1. The maximum absolute atomic E-state index is 6.01. The number of hydrogen-bond donors (Lipinski definition) is 1. The van der Waals surface area contributed by atoms with E-state index in [1.165, 1.54) is 42.1 Å². The molecule has 0 bridgehead atoms. The lowest BCUT2D eigenvalue weighted by atomic mass is 10.1. The molecule has 18 heavy (non-hydrogen) atoms. The first-order valence-corrected chi connectivity index (χ1v) is 7.94. The molecule has 0 aliphatic carbocycles. The molecule has 1 saturated heterocycles. The van der Waals surface area contributed by atoms with Crippen LogP contribution >= 0.6 is 11.3 Å². The Morgan fingerprint density at radius 1 is 1.44 bits per heavy atom. The summed E-state index contributed by atoms with van der Waals surface area (Å²) in [4.78, 5) is 8.52. The van der Waals surface area contributed by atoms with Gasteiger partial charge < -0.3 is 10.6 Å². The van der Waals surface area contributed by atoms with Crippen LogP contribution in [0.25, 0.3) is 0 Å². The van der Waals surface area contributed by atoms with E-state index in [2.05, 4.69) is 18.7 Å². The Labute approximate surface area is 114 Å². The van der Waals surface area contributed by atoms with E-state index in [0.717, 1.165) is 12.2 Å². The van der Waals surface area contributed by atoms with Gasteiger partial charge in [0.15, 0.2) is 5.13 Å². The molecule has 0 spiro atoms. The zero-order valence-corrected chi connectivity index (χ0v) is 12.6. The number of hydrogen-bond acceptors (Lipinski definition) is 4. The summed E-state index contributed by atoms with van der Waals surface area (Å²) < 4.78 is 0. The third-order valence-corrected chi connectivity index (χ3v) is 5.22. The Kier molecular flexibility index (Phi) is 4.62. The van der Waals surface area contributed by atoms with Crippen LogP contribution in [0.3, 0.4) is 0 Å². The third-order valence-electron chi connectivity index (χ3n) is 3.83. The quantitative estimate of drug-likeness (QED) is 0.909. The summed E-state index contributed by atoms with van der Waals surface area (Å²) in [5, 5.41) is 1.19. The Morgan fingerprint density at radius 2 is 2.22 bits per heavy atom. The fourth-order valence-electron chi connectivity index (χ4n) is 2.79. The van der Waals surface area contributed by atoms with E-state index < -0.39 is 0 Å². The largest absolute Gasteiger partial charge is 0.345 e. The van der Waals surface area contributed by atoms with Gasteiger partial charge in [0.05, 0.1) is 5.69 Å². The lowest BCUT2D eigenvalue weighted by Crippen LogP contribution is -2.34. The van der Waals surface area contributed by atoms with Crippen molar-refractivity contribution in [3.8, 4) is 0 Å². The molecule has 102 valence electrons. The summed E-state index contributed by atoms with van der Waals surface area (Å²) in [6.07, 6.45) is 6.54. The Bertz CT molecular complexity index is 386. The van der Waals surface area contributed by atoms with Crippen LogP contribution in [0, 0.1) is 6.92 Å². The van der Waals surface area contributed by atoms with Crippen LogP contribution in [0.1, 0.15) is 62.6 Å². The molecule has 0 saturated carbocycles. The number of aryl methyl sites for hydroxylation is 1. The number of nitrogens with two attached hydrogens (primary N) is 1. The second kappa shape index (κ2) is 6.02. The summed E-state index contributed by atoms with van der Waals surface area (Å²) in [6, 6.07) is 0.766. The van der Waals surface area contributed by atoms with Crippen molar-refractivity contribution in [3.63, 3.8) is 0 Å². The predicted molar refractivity (Wildman–Crippen MR) is 79.3 cm³/mol. The molecule has 0 amide bonds. The fourth-order valence-corrected chi connectivity index (χ4v) is 3.91. The fraction of sp³-hybridized carbons (Fsp3) is 0.786. The summed E-state index contributed by atoms with van der Waals surface area (Å²) in [6.45, 7) is 7.57. The van der Waals surface area contributed by atoms with Gasteiger partial charge in [0, 0.05) is 23.5 Å². The minimum atomic E-state index is 0.100. The number of anilines is 1. The van der Waals surface area contributed by atoms with E-state index >= 15 is 0 Å². The minimum Gasteiger partial charge on any atom is -0.345 e. The summed E-state index contributed by atoms with van der Waals surface area (Å²) in [5.41, 5.74) is 7.12. The van der Waals surface area contributed by atoms with Crippen molar-refractivity contribution in [2.75, 3.05) is 11.4 Å². The normalized spacial score (nSPS) is 22.9. The van der Waals surface area contributed by atoms with Crippen LogP contribution in [-0.4, -0.2) is 17.6 Å². The molecule has 2 atom stereocenters. The van der Waals surface area contributed by atoms with Crippen LogP contribution in [0.15, 0.2) is 0 Å². The lowest BCUT2D eigenvalue weighted by molar-refractivity contribution is 0.555. The van der Waals surface area contributed by atoms with Gasteiger partial charge in [-0.2, -0.15) is 0 Å². The van der Waals surface area contributed by atoms with Crippen LogP contribution in [0.5, 0.6) is 0 Å². The van der Waals surface area contributed by atoms with Crippen molar-refractivity contribution in [1.82, 2.24) is 4.98 Å². The zero-order chi connectivity index (χ0) is 13.1. The third kappa shape index (κ3) is 2.86. The molecule has 1 aromatic rings. The lowest BCUT2D eigenvalue weighted by Gasteiger charge is -2.28. The highest BCUT2D eigenvalue weighted by molar-refractivity contribution is 7.15. The summed E-state index contributed by atoms with van der Waals surface area (Å²) in [7, 11) is 0. The van der Waals surface area contributed by atoms with Gasteiger partial charge >= 0.3 is 0 Å². The van der Waals surface area contributed by atoms with Crippen LogP contribution in [-0.2, 0) is 0 Å². The molecule has 2 rings (SSSR count). The van der Waals surface area contributed by atoms with E-state index in [4.69, 9.17) is 10.7 Å². The monoisotopic (exact) mass is 267 g/mol. The molecule has 0 radical (unpaired) electrons. The molecule has 4 heteroatoms. The standard InChI is InChI=1S/C14H25N3S/c1-4-12-8-6-5-7-9-17(12)14-16-11(3)13(18-14)10(2)15/h10,12H,4-9,15H2,1-3H3. The average Bonchev–Trinajstić information content (AvgIpc) is 2.59. The second-order valence-corrected chi connectivity index (χ2v) is 6.35. The average molecular weight is 267 g/mol. The van der Waals surface area contributed by atoms with Crippen LogP contribution < -0.4 is 10.6 Å². The van der Waals surface area contributed by atoms with Crippen molar-refractivity contribution in [2.24, 2.45) is 5.73 Å². The molecule has 2 N–H and O–H groups in total. The zero-order valence-electron chi connectivity index (χ0n) is 11.8. The Hall–Kier alpha value is -0.610. The predicted octanol–water partition coefficient (Wildman–Crippen LogP) is 3.63. The topological polar surface area (TPSA) is 42.2 Å². The van der Waals surface area contributed by atoms with Gasteiger partial charge in [0.25, 0.3) is 0 Å². The van der Waals surface area contributed by atoms with Crippen molar-refractivity contribution >= 4 is 16.5 Å². The molecule has 1 aromatic heterocycles. The first kappa shape index (κ1) is 13.8. The molecular formula is C14H25N3S.